The van der Waals surface area contributed by atoms with Crippen molar-refractivity contribution >= 4 is 51.7 Å². The lowest BCUT2D eigenvalue weighted by Gasteiger charge is -2.05. The molecule has 3 nitrogen and oxygen atoms in total. The summed E-state index contributed by atoms with van der Waals surface area (Å²) in [6.07, 6.45) is 0.560. The number of halogens is 1. The number of anilines is 1. The zero-order chi connectivity index (χ0) is 13.8. The SMILES string of the molecule is NC(=S)Cc1ccc(NC(=O)c2ccc(Cl)s2)cc1. The highest BCUT2D eigenvalue weighted by Crippen LogP contribution is 2.22. The summed E-state index contributed by atoms with van der Waals surface area (Å²) in [5.74, 6) is -0.168. The first kappa shape index (κ1) is 14.0. The van der Waals surface area contributed by atoms with E-state index < -0.39 is 0 Å². The number of benzene rings is 1. The molecule has 1 heterocycles. The molecule has 2 rings (SSSR count). The highest BCUT2D eigenvalue weighted by Gasteiger charge is 2.08. The van der Waals surface area contributed by atoms with Crippen LogP contribution in [0.25, 0.3) is 0 Å². The number of hydrogen-bond donors (Lipinski definition) is 2. The molecule has 0 aliphatic carbocycles. The summed E-state index contributed by atoms with van der Waals surface area (Å²) in [6.45, 7) is 0. The van der Waals surface area contributed by atoms with E-state index >= 15 is 0 Å². The minimum atomic E-state index is -0.168. The van der Waals surface area contributed by atoms with E-state index in [9.17, 15) is 4.79 Å². The first-order valence-electron chi connectivity index (χ1n) is 5.48. The number of thiocarbonyl (C=S) groups is 1. The molecule has 0 aliphatic rings. The van der Waals surface area contributed by atoms with Gasteiger partial charge >= 0.3 is 0 Å². The highest BCUT2D eigenvalue weighted by molar-refractivity contribution is 7.80. The number of rotatable bonds is 4. The Morgan fingerprint density at radius 2 is 1.95 bits per heavy atom. The van der Waals surface area contributed by atoms with Crippen molar-refractivity contribution in [1.29, 1.82) is 0 Å². The van der Waals surface area contributed by atoms with Crippen LogP contribution in [0.1, 0.15) is 15.2 Å². The standard InChI is InChI=1S/C13H11ClN2OS2/c14-11-6-5-10(19-11)13(17)16-9-3-1-8(2-4-9)7-12(15)18/h1-6H,7H2,(H2,15,18)(H,16,17). The molecule has 0 aliphatic heterocycles. The average molecular weight is 311 g/mol. The van der Waals surface area contributed by atoms with E-state index in [0.717, 1.165) is 11.3 Å². The molecule has 0 fully saturated rings. The Morgan fingerprint density at radius 1 is 1.26 bits per heavy atom. The van der Waals surface area contributed by atoms with Gasteiger partial charge in [0.1, 0.15) is 0 Å². The summed E-state index contributed by atoms with van der Waals surface area (Å²) in [6, 6.07) is 10.8. The average Bonchev–Trinajstić information content (AvgIpc) is 2.78. The zero-order valence-corrected chi connectivity index (χ0v) is 12.2. The van der Waals surface area contributed by atoms with Gasteiger partial charge < -0.3 is 11.1 Å². The van der Waals surface area contributed by atoms with Crippen molar-refractivity contribution in [2.24, 2.45) is 5.73 Å². The molecular weight excluding hydrogens is 300 g/mol. The molecule has 1 aromatic carbocycles. The van der Waals surface area contributed by atoms with Gasteiger partial charge in [-0.15, -0.1) is 11.3 Å². The fraction of sp³-hybridized carbons (Fsp3) is 0.0769. The molecule has 0 saturated carbocycles. The Kier molecular flexibility index (Phi) is 4.52. The fourth-order valence-electron chi connectivity index (χ4n) is 1.54. The van der Waals surface area contributed by atoms with Crippen LogP contribution in [0.15, 0.2) is 36.4 Å². The second-order valence-electron chi connectivity index (χ2n) is 3.90. The third-order valence-corrected chi connectivity index (χ3v) is 3.76. The molecule has 1 aromatic heterocycles. The van der Waals surface area contributed by atoms with Crippen molar-refractivity contribution in [3.05, 3.63) is 51.2 Å². The van der Waals surface area contributed by atoms with Crippen molar-refractivity contribution in [3.8, 4) is 0 Å². The maximum atomic E-state index is 11.9. The maximum Gasteiger partial charge on any atom is 0.265 e. The van der Waals surface area contributed by atoms with Gasteiger partial charge in [0.2, 0.25) is 0 Å². The lowest BCUT2D eigenvalue weighted by molar-refractivity contribution is 0.103. The van der Waals surface area contributed by atoms with Gasteiger partial charge in [-0.2, -0.15) is 0 Å². The predicted octanol–water partition coefficient (Wildman–Crippen LogP) is 3.48. The van der Waals surface area contributed by atoms with Gasteiger partial charge in [-0.1, -0.05) is 36.0 Å². The summed E-state index contributed by atoms with van der Waals surface area (Å²) >= 11 is 11.9. The molecule has 0 saturated heterocycles. The van der Waals surface area contributed by atoms with Crippen molar-refractivity contribution in [2.75, 3.05) is 5.32 Å². The van der Waals surface area contributed by atoms with Gasteiger partial charge in [-0.05, 0) is 29.8 Å². The van der Waals surface area contributed by atoms with Crippen LogP contribution in [0.3, 0.4) is 0 Å². The Hall–Kier alpha value is -1.43. The van der Waals surface area contributed by atoms with E-state index in [-0.39, 0.29) is 5.91 Å². The summed E-state index contributed by atoms with van der Waals surface area (Å²) in [7, 11) is 0. The van der Waals surface area contributed by atoms with Crippen molar-refractivity contribution in [1.82, 2.24) is 0 Å². The molecule has 0 spiro atoms. The molecule has 6 heteroatoms. The van der Waals surface area contributed by atoms with Crippen LogP contribution in [0.2, 0.25) is 4.34 Å². The van der Waals surface area contributed by atoms with E-state index in [4.69, 9.17) is 29.6 Å². The molecule has 0 bridgehead atoms. The molecule has 0 unspecified atom stereocenters. The van der Waals surface area contributed by atoms with Crippen LogP contribution in [-0.4, -0.2) is 10.9 Å². The third kappa shape index (κ3) is 4.02. The Morgan fingerprint density at radius 3 is 2.47 bits per heavy atom. The normalized spacial score (nSPS) is 10.2. The van der Waals surface area contributed by atoms with E-state index in [1.807, 2.05) is 24.3 Å². The van der Waals surface area contributed by atoms with Crippen LogP contribution in [0, 0.1) is 0 Å². The minimum Gasteiger partial charge on any atom is -0.393 e. The summed E-state index contributed by atoms with van der Waals surface area (Å²) < 4.78 is 0.594. The van der Waals surface area contributed by atoms with E-state index in [0.29, 0.717) is 20.6 Å². The maximum absolute atomic E-state index is 11.9. The lowest BCUT2D eigenvalue weighted by atomic mass is 10.1. The molecule has 2 aromatic rings. The number of nitrogens with two attached hydrogens (primary N) is 1. The van der Waals surface area contributed by atoms with Crippen molar-refractivity contribution < 1.29 is 4.79 Å². The molecule has 19 heavy (non-hydrogen) atoms. The Labute approximate surface area is 125 Å². The minimum absolute atomic E-state index is 0.168. The van der Waals surface area contributed by atoms with Crippen LogP contribution in [0.4, 0.5) is 5.69 Å². The van der Waals surface area contributed by atoms with E-state index in [1.54, 1.807) is 12.1 Å². The second-order valence-corrected chi connectivity index (χ2v) is 6.14. The topological polar surface area (TPSA) is 55.1 Å². The van der Waals surface area contributed by atoms with Gasteiger partial charge in [-0.25, -0.2) is 0 Å². The zero-order valence-electron chi connectivity index (χ0n) is 9.85. The summed E-state index contributed by atoms with van der Waals surface area (Å²) in [5.41, 5.74) is 7.21. The number of hydrogen-bond acceptors (Lipinski definition) is 3. The van der Waals surface area contributed by atoms with Gasteiger partial charge in [0.25, 0.3) is 5.91 Å². The van der Waals surface area contributed by atoms with Crippen LogP contribution < -0.4 is 11.1 Å². The van der Waals surface area contributed by atoms with Gasteiger partial charge in [-0.3, -0.25) is 4.79 Å². The second kappa shape index (κ2) is 6.14. The Bertz CT molecular complexity index is 607. The van der Waals surface area contributed by atoms with Crippen molar-refractivity contribution in [2.45, 2.75) is 6.42 Å². The highest BCUT2D eigenvalue weighted by atomic mass is 35.5. The van der Waals surface area contributed by atoms with Crippen LogP contribution >= 0.6 is 35.2 Å². The van der Waals surface area contributed by atoms with Gasteiger partial charge in [0, 0.05) is 12.1 Å². The monoisotopic (exact) mass is 310 g/mol. The summed E-state index contributed by atoms with van der Waals surface area (Å²) in [4.78, 5) is 12.9. The van der Waals surface area contributed by atoms with Crippen molar-refractivity contribution in [3.63, 3.8) is 0 Å². The fourth-order valence-corrected chi connectivity index (χ4v) is 2.64. The first-order chi connectivity index (χ1) is 9.04. The molecular formula is C13H11ClN2OS2. The number of nitrogens with one attached hydrogen (secondary N) is 1. The third-order valence-electron chi connectivity index (χ3n) is 2.39. The predicted molar refractivity (Wildman–Crippen MR) is 84.2 cm³/mol. The number of carbonyl (C=O) groups is 1. The van der Waals surface area contributed by atoms with Gasteiger partial charge in [0.15, 0.2) is 0 Å². The number of thiophene rings is 1. The van der Waals surface area contributed by atoms with Crippen LogP contribution in [-0.2, 0) is 6.42 Å². The largest absolute Gasteiger partial charge is 0.393 e. The molecule has 0 radical (unpaired) electrons. The molecule has 1 amide bonds. The van der Waals surface area contributed by atoms with E-state index in [1.165, 1.54) is 11.3 Å². The molecule has 3 N–H and O–H groups in total. The quantitative estimate of drug-likeness (QED) is 0.850. The van der Waals surface area contributed by atoms with Gasteiger partial charge in [0.05, 0.1) is 14.2 Å². The summed E-state index contributed by atoms with van der Waals surface area (Å²) in [5, 5.41) is 2.80. The molecule has 0 atom stereocenters. The smallest absolute Gasteiger partial charge is 0.265 e. The molecule has 98 valence electrons. The lowest BCUT2D eigenvalue weighted by Crippen LogP contribution is -2.12. The number of amides is 1. The first-order valence-corrected chi connectivity index (χ1v) is 7.09. The Balaban J connectivity index is 2.03. The van der Waals surface area contributed by atoms with E-state index in [2.05, 4.69) is 5.32 Å². The van der Waals surface area contributed by atoms with Crippen LogP contribution in [0.5, 0.6) is 0 Å². The number of carbonyl (C=O) groups excluding carboxylic acids is 1.